The van der Waals surface area contributed by atoms with Crippen molar-refractivity contribution in [2.45, 2.75) is 37.8 Å². The van der Waals surface area contributed by atoms with Gasteiger partial charge in [0.25, 0.3) is 0 Å². The maximum Gasteiger partial charge on any atom is 0.330 e. The van der Waals surface area contributed by atoms with Crippen LogP contribution in [0.1, 0.15) is 28.7 Å². The summed E-state index contributed by atoms with van der Waals surface area (Å²) in [6.07, 6.45) is 1.22. The van der Waals surface area contributed by atoms with Crippen molar-refractivity contribution in [3.05, 3.63) is 156 Å². The number of nitrogens with one attached hydrogen (secondary N) is 1. The van der Waals surface area contributed by atoms with Crippen LogP contribution in [-0.4, -0.2) is 47.1 Å². The molecule has 1 unspecified atom stereocenters. The van der Waals surface area contributed by atoms with Gasteiger partial charge in [0.05, 0.1) is 5.92 Å². The van der Waals surface area contributed by atoms with Crippen molar-refractivity contribution in [2.24, 2.45) is 5.92 Å². The summed E-state index contributed by atoms with van der Waals surface area (Å²) in [4.78, 5) is 41.8. The Morgan fingerprint density at radius 3 is 1.89 bits per heavy atom. The molecular weight excluding hydrogens is 588 g/mol. The summed E-state index contributed by atoms with van der Waals surface area (Å²) >= 11 is 0. The largest absolute Gasteiger partial charge is 0.479 e. The molecule has 0 aromatic heterocycles. The van der Waals surface area contributed by atoms with Gasteiger partial charge in [0.2, 0.25) is 0 Å². The van der Waals surface area contributed by atoms with Gasteiger partial charge in [0.15, 0.2) is 0 Å². The summed E-state index contributed by atoms with van der Waals surface area (Å²) in [6, 6.07) is 41.7. The number of aliphatic carboxylic acids is 1. The number of esters is 1. The molecule has 0 heterocycles. The quantitative estimate of drug-likeness (QED) is 0.128. The van der Waals surface area contributed by atoms with E-state index in [0.29, 0.717) is 12.8 Å². The Labute approximate surface area is 275 Å². The summed E-state index contributed by atoms with van der Waals surface area (Å²) in [5.41, 5.74) is 1.86. The predicted octanol–water partition coefficient (Wildman–Crippen LogP) is 7.08. The van der Waals surface area contributed by atoms with Crippen molar-refractivity contribution >= 4 is 28.7 Å². The highest BCUT2D eigenvalue weighted by Crippen LogP contribution is 2.24. The number of carbonyl (C=O) groups excluding carboxylic acids is 2. The minimum absolute atomic E-state index is 0.0588. The lowest BCUT2D eigenvalue weighted by atomic mass is 9.84. The van der Waals surface area contributed by atoms with E-state index in [4.69, 9.17) is 4.74 Å². The molecule has 240 valence electrons. The van der Waals surface area contributed by atoms with Gasteiger partial charge in [0.1, 0.15) is 12.1 Å². The second-order valence-corrected chi connectivity index (χ2v) is 12.0. The minimum atomic E-state index is -1.65. The normalized spacial score (nSPS) is 12.9. The monoisotopic (exact) mass is 628 g/mol. The molecule has 5 rings (SSSR count). The van der Waals surface area contributed by atoms with E-state index < -0.39 is 29.4 Å². The maximum absolute atomic E-state index is 13.9. The molecule has 2 N–H and O–H groups in total. The van der Waals surface area contributed by atoms with Crippen molar-refractivity contribution in [1.82, 2.24) is 10.2 Å². The fourth-order valence-corrected chi connectivity index (χ4v) is 5.83. The zero-order valence-corrected chi connectivity index (χ0v) is 26.5. The smallest absolute Gasteiger partial charge is 0.330 e. The zero-order chi connectivity index (χ0) is 33.1. The molecule has 7 heteroatoms. The van der Waals surface area contributed by atoms with Gasteiger partial charge >= 0.3 is 18.0 Å². The van der Waals surface area contributed by atoms with Crippen molar-refractivity contribution < 1.29 is 24.2 Å². The molecule has 2 amide bonds. The molecule has 0 fully saturated rings. The Bertz CT molecular complexity index is 1780. The van der Waals surface area contributed by atoms with Crippen molar-refractivity contribution in [3.8, 4) is 0 Å². The van der Waals surface area contributed by atoms with Gasteiger partial charge in [-0.05, 0) is 45.9 Å². The number of amides is 2. The van der Waals surface area contributed by atoms with E-state index in [2.05, 4.69) is 5.32 Å². The summed E-state index contributed by atoms with van der Waals surface area (Å²) in [6.45, 7) is 0.186. The number of benzene rings is 5. The molecule has 0 aliphatic rings. The highest BCUT2D eigenvalue weighted by Gasteiger charge is 2.41. The number of rotatable bonds is 14. The van der Waals surface area contributed by atoms with Crippen molar-refractivity contribution in [2.75, 3.05) is 13.6 Å². The van der Waals surface area contributed by atoms with Crippen LogP contribution in [-0.2, 0) is 40.2 Å². The molecule has 5 aromatic rings. The Morgan fingerprint density at radius 2 is 1.26 bits per heavy atom. The molecule has 0 bridgehead atoms. The fourth-order valence-electron chi connectivity index (χ4n) is 5.83. The summed E-state index contributed by atoms with van der Waals surface area (Å²) in [7, 11) is 1.58. The lowest BCUT2D eigenvalue weighted by Crippen LogP contribution is -2.60. The number of fused-ring (bicyclic) bond motifs is 1. The third kappa shape index (κ3) is 9.07. The molecule has 7 nitrogen and oxygen atoms in total. The number of carboxylic acids is 1. The number of carbonyl (C=O) groups is 3. The number of carboxylic acid groups (broad SMARTS) is 1. The lowest BCUT2D eigenvalue weighted by molar-refractivity contribution is -0.150. The van der Waals surface area contributed by atoms with Crippen LogP contribution in [0.15, 0.2) is 133 Å². The molecule has 47 heavy (non-hydrogen) atoms. The van der Waals surface area contributed by atoms with E-state index in [1.54, 1.807) is 7.05 Å². The van der Waals surface area contributed by atoms with E-state index >= 15 is 0 Å². The number of hydrogen-bond acceptors (Lipinski definition) is 4. The number of urea groups is 1. The van der Waals surface area contributed by atoms with Gasteiger partial charge in [-0.1, -0.05) is 133 Å². The molecule has 0 saturated carbocycles. The van der Waals surface area contributed by atoms with Crippen LogP contribution >= 0.6 is 0 Å². The Hall–Kier alpha value is -5.43. The second kappa shape index (κ2) is 15.7. The first-order chi connectivity index (χ1) is 22.8. The van der Waals surface area contributed by atoms with E-state index in [9.17, 15) is 19.5 Å². The fraction of sp³-hybridized carbons (Fsp3) is 0.225. The van der Waals surface area contributed by atoms with Crippen LogP contribution in [0.3, 0.4) is 0 Å². The van der Waals surface area contributed by atoms with Crippen molar-refractivity contribution in [3.63, 3.8) is 0 Å². The lowest BCUT2D eigenvalue weighted by Gasteiger charge is -2.34. The van der Waals surface area contributed by atoms with Crippen LogP contribution in [0.5, 0.6) is 0 Å². The molecular formula is C40H40N2O5. The van der Waals surface area contributed by atoms with Crippen LogP contribution < -0.4 is 5.32 Å². The predicted molar refractivity (Wildman–Crippen MR) is 184 cm³/mol. The number of hydrogen-bond donors (Lipinski definition) is 2. The summed E-state index contributed by atoms with van der Waals surface area (Å²) < 4.78 is 5.70. The standard InChI is InChI=1S/C40H40N2O5/c1-42(28-36(24-21-30-13-5-2-6-14-30)37(43)47-29-32-17-9-4-10-18-32)39(46)41-40(38(44)45,26-31-15-7-3-8-16-31)27-33-22-23-34-19-11-12-20-35(34)25-33/h2-20,22-23,25,36H,21,24,26-29H2,1H3,(H,41,46)(H,44,45)/t36?,40-/m0/s1. The van der Waals surface area contributed by atoms with Gasteiger partial charge in [0, 0.05) is 26.4 Å². The molecule has 0 aliphatic carbocycles. The summed E-state index contributed by atoms with van der Waals surface area (Å²) in [5.74, 6) is -2.17. The molecule has 0 radical (unpaired) electrons. The van der Waals surface area contributed by atoms with Gasteiger partial charge < -0.3 is 20.1 Å². The van der Waals surface area contributed by atoms with Crippen LogP contribution in [0.25, 0.3) is 10.8 Å². The minimum Gasteiger partial charge on any atom is -0.479 e. The van der Waals surface area contributed by atoms with E-state index in [1.807, 2.05) is 133 Å². The van der Waals surface area contributed by atoms with E-state index in [-0.39, 0.29) is 26.0 Å². The average Bonchev–Trinajstić information content (AvgIpc) is 3.10. The Kier molecular flexibility index (Phi) is 11.0. The topological polar surface area (TPSA) is 95.9 Å². The zero-order valence-electron chi connectivity index (χ0n) is 26.5. The highest BCUT2D eigenvalue weighted by molar-refractivity contribution is 5.88. The van der Waals surface area contributed by atoms with E-state index in [1.165, 1.54) is 4.90 Å². The first-order valence-corrected chi connectivity index (χ1v) is 15.8. The average molecular weight is 629 g/mol. The van der Waals surface area contributed by atoms with E-state index in [0.717, 1.165) is 33.0 Å². The molecule has 5 aromatic carbocycles. The van der Waals surface area contributed by atoms with Gasteiger partial charge in [-0.2, -0.15) is 0 Å². The Balaban J connectivity index is 1.36. The summed E-state index contributed by atoms with van der Waals surface area (Å²) in [5, 5.41) is 15.7. The third-order valence-corrected chi connectivity index (χ3v) is 8.45. The van der Waals surface area contributed by atoms with Crippen LogP contribution in [0.4, 0.5) is 4.79 Å². The maximum atomic E-state index is 13.9. The first kappa shape index (κ1) is 32.9. The third-order valence-electron chi connectivity index (χ3n) is 8.45. The van der Waals surface area contributed by atoms with Gasteiger partial charge in [-0.25, -0.2) is 9.59 Å². The molecule has 0 spiro atoms. The highest BCUT2D eigenvalue weighted by atomic mass is 16.5. The number of aryl methyl sites for hydroxylation is 1. The second-order valence-electron chi connectivity index (χ2n) is 12.0. The molecule has 0 saturated heterocycles. The SMILES string of the molecule is CN(CC(CCc1ccccc1)C(=O)OCc1ccccc1)C(=O)N[C@@](Cc1ccccc1)(Cc1ccc2ccccc2c1)C(=O)O. The number of nitrogens with zero attached hydrogens (tertiary/aromatic N) is 1. The first-order valence-electron chi connectivity index (χ1n) is 15.8. The van der Waals surface area contributed by atoms with Crippen LogP contribution in [0.2, 0.25) is 0 Å². The van der Waals surface area contributed by atoms with Gasteiger partial charge in [-0.15, -0.1) is 0 Å². The molecule has 2 atom stereocenters. The number of ether oxygens (including phenoxy) is 1. The Morgan fingerprint density at radius 1 is 0.702 bits per heavy atom. The van der Waals surface area contributed by atoms with Crippen molar-refractivity contribution in [1.29, 1.82) is 0 Å². The molecule has 0 aliphatic heterocycles. The van der Waals surface area contributed by atoms with Crippen LogP contribution in [0, 0.1) is 5.92 Å². The van der Waals surface area contributed by atoms with Gasteiger partial charge in [-0.3, -0.25) is 4.79 Å².